The van der Waals surface area contributed by atoms with E-state index in [9.17, 15) is 4.79 Å². The molecule has 0 aliphatic heterocycles. The van der Waals surface area contributed by atoms with Crippen molar-refractivity contribution in [2.75, 3.05) is 24.7 Å². The molecule has 0 saturated heterocycles. The highest BCUT2D eigenvalue weighted by atomic mass is 32.2. The molecule has 0 fully saturated rings. The minimum Gasteiger partial charge on any atom is -0.383 e. The summed E-state index contributed by atoms with van der Waals surface area (Å²) in [6.07, 6.45) is 1.98. The number of hydrogen-bond donors (Lipinski definition) is 3. The zero-order valence-electron chi connectivity index (χ0n) is 8.62. The van der Waals surface area contributed by atoms with Crippen LogP contribution in [0.25, 0.3) is 0 Å². The molecule has 0 spiro atoms. The Hall–Kier alpha value is -1.20. The SMILES string of the molecule is CSc1ccc(C(N)=O)c(NCCN)c1. The zero-order valence-corrected chi connectivity index (χ0v) is 9.43. The van der Waals surface area contributed by atoms with Crippen molar-refractivity contribution in [2.24, 2.45) is 11.5 Å². The molecule has 1 rings (SSSR count). The van der Waals surface area contributed by atoms with Crippen molar-refractivity contribution >= 4 is 23.4 Å². The van der Waals surface area contributed by atoms with Crippen LogP contribution in [0.15, 0.2) is 23.1 Å². The number of anilines is 1. The maximum atomic E-state index is 11.1. The normalized spacial score (nSPS) is 10.0. The van der Waals surface area contributed by atoms with Crippen LogP contribution in [-0.2, 0) is 0 Å². The number of primary amides is 1. The van der Waals surface area contributed by atoms with Gasteiger partial charge in [0.15, 0.2) is 0 Å². The van der Waals surface area contributed by atoms with E-state index in [0.29, 0.717) is 18.7 Å². The van der Waals surface area contributed by atoms with E-state index < -0.39 is 5.91 Å². The topological polar surface area (TPSA) is 81.1 Å². The molecule has 1 aromatic carbocycles. The van der Waals surface area contributed by atoms with Gasteiger partial charge in [-0.2, -0.15) is 0 Å². The number of benzene rings is 1. The molecule has 1 aromatic rings. The van der Waals surface area contributed by atoms with E-state index in [1.165, 1.54) is 0 Å². The number of carbonyl (C=O) groups excluding carboxylic acids is 1. The van der Waals surface area contributed by atoms with Gasteiger partial charge in [-0.05, 0) is 24.5 Å². The smallest absolute Gasteiger partial charge is 0.250 e. The fourth-order valence-corrected chi connectivity index (χ4v) is 1.66. The van der Waals surface area contributed by atoms with Gasteiger partial charge < -0.3 is 16.8 Å². The minimum absolute atomic E-state index is 0.429. The minimum atomic E-state index is -0.429. The molecule has 82 valence electrons. The lowest BCUT2D eigenvalue weighted by molar-refractivity contribution is 0.100. The Morgan fingerprint density at radius 3 is 2.80 bits per heavy atom. The molecule has 1 amide bonds. The fraction of sp³-hybridized carbons (Fsp3) is 0.300. The third-order valence-corrected chi connectivity index (χ3v) is 2.68. The molecule has 5 N–H and O–H groups in total. The Labute approximate surface area is 93.4 Å². The lowest BCUT2D eigenvalue weighted by atomic mass is 10.1. The first-order chi connectivity index (χ1) is 7.19. The number of hydrogen-bond acceptors (Lipinski definition) is 4. The Balaban J connectivity index is 2.99. The number of rotatable bonds is 5. The average Bonchev–Trinajstić information content (AvgIpc) is 2.25. The third-order valence-electron chi connectivity index (χ3n) is 1.95. The van der Waals surface area contributed by atoms with E-state index >= 15 is 0 Å². The number of nitrogens with two attached hydrogens (primary N) is 2. The van der Waals surface area contributed by atoms with Crippen LogP contribution in [-0.4, -0.2) is 25.3 Å². The molecule has 0 saturated carbocycles. The van der Waals surface area contributed by atoms with Crippen LogP contribution >= 0.6 is 11.8 Å². The monoisotopic (exact) mass is 225 g/mol. The van der Waals surface area contributed by atoms with Crippen LogP contribution in [0, 0.1) is 0 Å². The predicted octanol–water partition coefficient (Wildman–Crippen LogP) is 0.878. The van der Waals surface area contributed by atoms with Gasteiger partial charge in [0.25, 0.3) is 5.91 Å². The van der Waals surface area contributed by atoms with Gasteiger partial charge in [-0.15, -0.1) is 11.8 Å². The summed E-state index contributed by atoms with van der Waals surface area (Å²) in [7, 11) is 0. The Bertz CT molecular complexity index is 355. The molecule has 0 unspecified atom stereocenters. The van der Waals surface area contributed by atoms with E-state index in [0.717, 1.165) is 10.6 Å². The van der Waals surface area contributed by atoms with Gasteiger partial charge >= 0.3 is 0 Å². The second-order valence-corrected chi connectivity index (χ2v) is 3.87. The Morgan fingerprint density at radius 1 is 1.53 bits per heavy atom. The van der Waals surface area contributed by atoms with E-state index in [-0.39, 0.29) is 0 Å². The zero-order chi connectivity index (χ0) is 11.3. The highest BCUT2D eigenvalue weighted by molar-refractivity contribution is 7.98. The summed E-state index contributed by atoms with van der Waals surface area (Å²) in [6.45, 7) is 1.14. The lowest BCUT2D eigenvalue weighted by Gasteiger charge is -2.10. The van der Waals surface area contributed by atoms with Crippen LogP contribution in [0.3, 0.4) is 0 Å². The number of amides is 1. The third kappa shape index (κ3) is 3.14. The molecule has 0 radical (unpaired) electrons. The molecule has 0 aliphatic carbocycles. The van der Waals surface area contributed by atoms with E-state index in [1.807, 2.05) is 18.4 Å². The van der Waals surface area contributed by atoms with Gasteiger partial charge in [-0.3, -0.25) is 4.79 Å². The highest BCUT2D eigenvalue weighted by Crippen LogP contribution is 2.23. The van der Waals surface area contributed by atoms with Gasteiger partial charge in [0, 0.05) is 23.7 Å². The second kappa shape index (κ2) is 5.63. The molecule has 0 aromatic heterocycles. The van der Waals surface area contributed by atoms with Crippen molar-refractivity contribution in [1.29, 1.82) is 0 Å². The molecule has 0 aliphatic rings. The number of carbonyl (C=O) groups is 1. The van der Waals surface area contributed by atoms with Crippen LogP contribution in [0.2, 0.25) is 0 Å². The summed E-state index contributed by atoms with van der Waals surface area (Å²) in [5, 5.41) is 3.08. The maximum absolute atomic E-state index is 11.1. The molecule has 15 heavy (non-hydrogen) atoms. The maximum Gasteiger partial charge on any atom is 0.250 e. The fourth-order valence-electron chi connectivity index (χ4n) is 1.22. The summed E-state index contributed by atoms with van der Waals surface area (Å²) >= 11 is 1.61. The molecule has 5 heteroatoms. The molecule has 0 heterocycles. The summed E-state index contributed by atoms with van der Waals surface area (Å²) in [5.41, 5.74) is 11.9. The quantitative estimate of drug-likeness (QED) is 0.650. The van der Waals surface area contributed by atoms with Gasteiger partial charge in [0.1, 0.15) is 0 Å². The van der Waals surface area contributed by atoms with Crippen molar-refractivity contribution in [3.8, 4) is 0 Å². The van der Waals surface area contributed by atoms with Gasteiger partial charge in [0.2, 0.25) is 0 Å². The van der Waals surface area contributed by atoms with Gasteiger partial charge in [-0.1, -0.05) is 0 Å². The van der Waals surface area contributed by atoms with Crippen molar-refractivity contribution in [1.82, 2.24) is 0 Å². The molecule has 0 atom stereocenters. The van der Waals surface area contributed by atoms with Crippen LogP contribution in [0.4, 0.5) is 5.69 Å². The number of nitrogens with one attached hydrogen (secondary N) is 1. The van der Waals surface area contributed by atoms with E-state index in [1.54, 1.807) is 17.8 Å². The van der Waals surface area contributed by atoms with Crippen LogP contribution in [0.1, 0.15) is 10.4 Å². The average molecular weight is 225 g/mol. The molecular formula is C10H15N3OS. The summed E-state index contributed by atoms with van der Waals surface area (Å²) in [5.74, 6) is -0.429. The number of thioether (sulfide) groups is 1. The highest BCUT2D eigenvalue weighted by Gasteiger charge is 2.07. The summed E-state index contributed by atoms with van der Waals surface area (Å²) in [4.78, 5) is 12.2. The summed E-state index contributed by atoms with van der Waals surface area (Å²) < 4.78 is 0. The van der Waals surface area contributed by atoms with Gasteiger partial charge in [-0.25, -0.2) is 0 Å². The van der Waals surface area contributed by atoms with Gasteiger partial charge in [0.05, 0.1) is 5.56 Å². The van der Waals surface area contributed by atoms with E-state index in [4.69, 9.17) is 11.5 Å². The van der Waals surface area contributed by atoms with Crippen molar-refractivity contribution in [3.05, 3.63) is 23.8 Å². The second-order valence-electron chi connectivity index (χ2n) is 2.99. The first kappa shape index (κ1) is 11.9. The Kier molecular flexibility index (Phi) is 4.45. The molecule has 4 nitrogen and oxygen atoms in total. The van der Waals surface area contributed by atoms with Crippen LogP contribution < -0.4 is 16.8 Å². The van der Waals surface area contributed by atoms with Crippen LogP contribution in [0.5, 0.6) is 0 Å². The standard InChI is InChI=1S/C10H15N3OS/c1-15-7-2-3-8(10(12)14)9(6-7)13-5-4-11/h2-3,6,13H,4-5,11H2,1H3,(H2,12,14). The van der Waals surface area contributed by atoms with Crippen molar-refractivity contribution < 1.29 is 4.79 Å². The molecule has 0 bridgehead atoms. The lowest BCUT2D eigenvalue weighted by Crippen LogP contribution is -2.18. The first-order valence-electron chi connectivity index (χ1n) is 4.61. The van der Waals surface area contributed by atoms with Crippen molar-refractivity contribution in [3.63, 3.8) is 0 Å². The van der Waals surface area contributed by atoms with Crippen molar-refractivity contribution in [2.45, 2.75) is 4.90 Å². The Morgan fingerprint density at radius 2 is 2.27 bits per heavy atom. The predicted molar refractivity (Wildman–Crippen MR) is 64.3 cm³/mol. The first-order valence-corrected chi connectivity index (χ1v) is 5.83. The molecular weight excluding hydrogens is 210 g/mol. The summed E-state index contributed by atoms with van der Waals surface area (Å²) in [6, 6.07) is 5.51. The van der Waals surface area contributed by atoms with E-state index in [2.05, 4.69) is 5.32 Å². The largest absolute Gasteiger partial charge is 0.383 e.